The van der Waals surface area contributed by atoms with E-state index < -0.39 is 36.0 Å². The smallest absolute Gasteiger partial charge is 0.320 e. The van der Waals surface area contributed by atoms with Gasteiger partial charge in [0.15, 0.2) is 0 Å². The molecule has 0 heterocycles. The van der Waals surface area contributed by atoms with Crippen molar-refractivity contribution >= 4 is 17.9 Å². The first kappa shape index (κ1) is 31.5. The molecule has 0 saturated heterocycles. The number of aliphatic carboxylic acids is 3. The second kappa shape index (κ2) is 17.9. The van der Waals surface area contributed by atoms with E-state index in [1.54, 1.807) is 12.1 Å². The Kier molecular flexibility index (Phi) is 17.6. The number of phenols is 1. The van der Waals surface area contributed by atoms with Gasteiger partial charge in [-0.05, 0) is 49.4 Å². The number of hydrogen-bond donors (Lipinski definition) is 8. The molecular weight excluding hydrogens is 420 g/mol. The molecule has 0 spiro atoms. The van der Waals surface area contributed by atoms with Crippen LogP contribution in [0.4, 0.5) is 0 Å². The van der Waals surface area contributed by atoms with Crippen molar-refractivity contribution < 1.29 is 34.8 Å². The number of carbonyl (C=O) groups is 3. The van der Waals surface area contributed by atoms with Crippen LogP contribution in [0.1, 0.15) is 45.1 Å². The maximum atomic E-state index is 10.4. The molecule has 0 saturated carbocycles. The highest BCUT2D eigenvalue weighted by molar-refractivity contribution is 5.74. The highest BCUT2D eigenvalue weighted by Gasteiger charge is 2.17. The molecule has 12 N–H and O–H groups in total. The predicted molar refractivity (Wildman–Crippen MR) is 121 cm³/mol. The molecule has 0 aliphatic heterocycles. The Morgan fingerprint density at radius 1 is 0.875 bits per heavy atom. The Balaban J connectivity index is 0. The second-order valence-corrected chi connectivity index (χ2v) is 7.29. The Bertz CT molecular complexity index is 671. The first-order valence-corrected chi connectivity index (χ1v) is 10.3. The van der Waals surface area contributed by atoms with Crippen molar-refractivity contribution in [3.63, 3.8) is 0 Å². The number of rotatable bonds is 11. The third kappa shape index (κ3) is 16.0. The van der Waals surface area contributed by atoms with E-state index in [0.29, 0.717) is 13.0 Å². The van der Waals surface area contributed by atoms with Crippen LogP contribution < -0.4 is 22.9 Å². The van der Waals surface area contributed by atoms with Crippen molar-refractivity contribution in [2.45, 2.75) is 64.1 Å². The number of nitrogens with two attached hydrogens (primary N) is 4. The predicted octanol–water partition coefficient (Wildman–Crippen LogP) is 0.318. The van der Waals surface area contributed by atoms with Crippen LogP contribution >= 0.6 is 0 Å². The molecule has 0 bridgehead atoms. The van der Waals surface area contributed by atoms with Gasteiger partial charge in [-0.1, -0.05) is 38.8 Å². The fourth-order valence-corrected chi connectivity index (χ4v) is 2.10. The molecule has 11 heteroatoms. The summed E-state index contributed by atoms with van der Waals surface area (Å²) < 4.78 is 0. The summed E-state index contributed by atoms with van der Waals surface area (Å²) in [4.78, 5) is 30.7. The molecule has 4 atom stereocenters. The molecule has 1 rings (SSSR count). The fourth-order valence-electron chi connectivity index (χ4n) is 2.10. The van der Waals surface area contributed by atoms with E-state index >= 15 is 0 Å². The first-order valence-electron chi connectivity index (χ1n) is 10.3. The number of unbranched alkanes of at least 4 members (excludes halogenated alkanes) is 1. The number of benzene rings is 1. The number of aromatic hydroxyl groups is 1. The molecule has 11 nitrogen and oxygen atoms in total. The minimum Gasteiger partial charge on any atom is -0.508 e. The third-order valence-electron chi connectivity index (χ3n) is 4.54. The van der Waals surface area contributed by atoms with Gasteiger partial charge >= 0.3 is 17.9 Å². The Morgan fingerprint density at radius 2 is 1.38 bits per heavy atom. The number of phenolic OH excluding ortho intramolecular Hbond substituents is 1. The van der Waals surface area contributed by atoms with E-state index in [2.05, 4.69) is 0 Å². The van der Waals surface area contributed by atoms with Crippen LogP contribution in [0.2, 0.25) is 0 Å². The monoisotopic (exact) mass is 458 g/mol. The molecule has 0 aliphatic carbocycles. The van der Waals surface area contributed by atoms with Gasteiger partial charge in [-0.3, -0.25) is 14.4 Å². The summed E-state index contributed by atoms with van der Waals surface area (Å²) in [6, 6.07) is 4.01. The Morgan fingerprint density at radius 3 is 1.72 bits per heavy atom. The average molecular weight is 459 g/mol. The van der Waals surface area contributed by atoms with Crippen LogP contribution in [0.5, 0.6) is 5.75 Å². The van der Waals surface area contributed by atoms with Crippen molar-refractivity contribution in [1.29, 1.82) is 0 Å². The molecule has 184 valence electrons. The Labute approximate surface area is 188 Å². The first-order chi connectivity index (χ1) is 14.9. The molecule has 0 unspecified atom stereocenters. The van der Waals surface area contributed by atoms with Crippen molar-refractivity contribution in [1.82, 2.24) is 0 Å². The summed E-state index contributed by atoms with van der Waals surface area (Å²) in [6.45, 7) is 4.36. The second-order valence-electron chi connectivity index (χ2n) is 7.29. The molecule has 0 amide bonds. The van der Waals surface area contributed by atoms with Crippen LogP contribution in [0.3, 0.4) is 0 Å². The zero-order valence-electron chi connectivity index (χ0n) is 18.7. The highest BCUT2D eigenvalue weighted by atomic mass is 16.4. The van der Waals surface area contributed by atoms with E-state index in [-0.39, 0.29) is 18.1 Å². The minimum atomic E-state index is -1.02. The molecule has 0 aromatic heterocycles. The average Bonchev–Trinajstić information content (AvgIpc) is 2.74. The lowest BCUT2D eigenvalue weighted by Crippen LogP contribution is -2.36. The number of hydrogen-bond acceptors (Lipinski definition) is 8. The normalized spacial score (nSPS) is 13.8. The number of carboxylic acids is 3. The lowest BCUT2D eigenvalue weighted by Gasteiger charge is -2.11. The van der Waals surface area contributed by atoms with Crippen LogP contribution in [0, 0.1) is 5.92 Å². The molecule has 1 aromatic rings. The summed E-state index contributed by atoms with van der Waals surface area (Å²) in [6.07, 6.45) is 3.25. The minimum absolute atomic E-state index is 0.0718. The summed E-state index contributed by atoms with van der Waals surface area (Å²) in [5, 5.41) is 34.2. The molecule has 1 aromatic carbocycles. The van der Waals surface area contributed by atoms with Crippen LogP contribution in [-0.4, -0.2) is 63.0 Å². The van der Waals surface area contributed by atoms with Crippen LogP contribution in [-0.2, 0) is 20.8 Å². The molecule has 0 aliphatic rings. The summed E-state index contributed by atoms with van der Waals surface area (Å²) in [5.41, 5.74) is 21.8. The quantitative estimate of drug-likeness (QED) is 0.210. The van der Waals surface area contributed by atoms with Gasteiger partial charge in [0.2, 0.25) is 0 Å². The Hall–Kier alpha value is -2.73. The van der Waals surface area contributed by atoms with Crippen molar-refractivity contribution in [3.8, 4) is 5.75 Å². The van der Waals surface area contributed by atoms with Gasteiger partial charge in [0.1, 0.15) is 23.9 Å². The SMILES string of the molecule is CC[C@H](C)[C@H](N)C(=O)O.NCCCC[C@H](N)C(=O)O.N[C@@H](Cc1ccc(O)cc1)C(=O)O. The van der Waals surface area contributed by atoms with Crippen LogP contribution in [0.25, 0.3) is 0 Å². The molecule has 0 fully saturated rings. The maximum Gasteiger partial charge on any atom is 0.320 e. The number of carboxylic acid groups (broad SMARTS) is 3. The van der Waals surface area contributed by atoms with Gasteiger partial charge in [-0.2, -0.15) is 0 Å². The topological polar surface area (TPSA) is 236 Å². The summed E-state index contributed by atoms with van der Waals surface area (Å²) in [7, 11) is 0. The van der Waals surface area contributed by atoms with Gasteiger partial charge in [-0.25, -0.2) is 0 Å². The van der Waals surface area contributed by atoms with E-state index in [0.717, 1.165) is 24.8 Å². The van der Waals surface area contributed by atoms with Crippen molar-refractivity contribution in [3.05, 3.63) is 29.8 Å². The zero-order chi connectivity index (χ0) is 25.3. The third-order valence-corrected chi connectivity index (χ3v) is 4.54. The molecule has 0 radical (unpaired) electrons. The van der Waals surface area contributed by atoms with Crippen LogP contribution in [0.15, 0.2) is 24.3 Å². The largest absolute Gasteiger partial charge is 0.508 e. The van der Waals surface area contributed by atoms with E-state index in [1.165, 1.54) is 12.1 Å². The zero-order valence-corrected chi connectivity index (χ0v) is 18.7. The summed E-state index contributed by atoms with van der Waals surface area (Å²) >= 11 is 0. The van der Waals surface area contributed by atoms with Crippen molar-refractivity contribution in [2.24, 2.45) is 28.9 Å². The molecule has 32 heavy (non-hydrogen) atoms. The van der Waals surface area contributed by atoms with Gasteiger partial charge in [0, 0.05) is 0 Å². The highest BCUT2D eigenvalue weighted by Crippen LogP contribution is 2.10. The lowest BCUT2D eigenvalue weighted by molar-refractivity contribution is -0.140. The lowest BCUT2D eigenvalue weighted by atomic mass is 10.0. The molecular formula is C21H38N4O7. The van der Waals surface area contributed by atoms with E-state index in [9.17, 15) is 14.4 Å². The maximum absolute atomic E-state index is 10.4. The van der Waals surface area contributed by atoms with Gasteiger partial charge in [0.05, 0.1) is 0 Å². The summed E-state index contributed by atoms with van der Waals surface area (Å²) in [5.74, 6) is -2.63. The van der Waals surface area contributed by atoms with E-state index in [4.69, 9.17) is 43.4 Å². The van der Waals surface area contributed by atoms with E-state index in [1.807, 2.05) is 13.8 Å². The van der Waals surface area contributed by atoms with Gasteiger partial charge in [-0.15, -0.1) is 0 Å². The van der Waals surface area contributed by atoms with Gasteiger partial charge < -0.3 is 43.4 Å². The fraction of sp³-hybridized carbons (Fsp3) is 0.571. The van der Waals surface area contributed by atoms with Crippen molar-refractivity contribution in [2.75, 3.05) is 6.54 Å². The van der Waals surface area contributed by atoms with Gasteiger partial charge in [0.25, 0.3) is 0 Å². The standard InChI is InChI=1S/C9H11NO3.C6H14N2O2.C6H13NO2/c10-8(9(12)13)5-6-1-3-7(11)4-2-6;7-4-2-1-3-5(8)6(9)10;1-3-4(2)5(7)6(8)9/h1-4,8,11H,5,10H2,(H,12,13);5H,1-4,7-8H2,(H,9,10);4-5H,3,7H2,1-2H3,(H,8,9)/t8-;5-;4-,5-/m000/s1.